The van der Waals surface area contributed by atoms with Crippen LogP contribution in [0.15, 0.2) is 29.2 Å². The van der Waals surface area contributed by atoms with Crippen molar-refractivity contribution >= 4 is 9.84 Å². The lowest BCUT2D eigenvalue weighted by Crippen LogP contribution is -2.39. The average Bonchev–Trinajstić information content (AvgIpc) is 2.32. The van der Waals surface area contributed by atoms with Crippen LogP contribution in [0.4, 0.5) is 0 Å². The van der Waals surface area contributed by atoms with E-state index in [1.165, 1.54) is 6.26 Å². The zero-order valence-corrected chi connectivity index (χ0v) is 13.8. The summed E-state index contributed by atoms with van der Waals surface area (Å²) in [5.74, 6) is 1.07. The molecule has 0 heterocycles. The van der Waals surface area contributed by atoms with Crippen LogP contribution < -0.4 is 10.1 Å². The van der Waals surface area contributed by atoms with Gasteiger partial charge < -0.3 is 10.1 Å². The Bertz CT molecular complexity index is 515. The van der Waals surface area contributed by atoms with E-state index in [0.29, 0.717) is 23.2 Å². The number of rotatable bonds is 6. The molecule has 0 aromatic heterocycles. The maximum atomic E-state index is 11.3. The summed E-state index contributed by atoms with van der Waals surface area (Å²) < 4.78 is 28.3. The van der Waals surface area contributed by atoms with Gasteiger partial charge in [-0.1, -0.05) is 6.92 Å². The standard InChI is InChI=1S/C15H25NO3S/c1-12(10-16-15(2,3)4)11-19-13-6-8-14(9-7-13)20(5,17)18/h6-9,12,16H,10-11H2,1-5H3. The fourth-order valence-corrected chi connectivity index (χ4v) is 2.19. The van der Waals surface area contributed by atoms with Gasteiger partial charge in [-0.15, -0.1) is 0 Å². The monoisotopic (exact) mass is 299 g/mol. The third-order valence-electron chi connectivity index (χ3n) is 2.77. The van der Waals surface area contributed by atoms with Crippen molar-refractivity contribution in [2.24, 2.45) is 5.92 Å². The molecule has 0 radical (unpaired) electrons. The predicted octanol–water partition coefficient (Wildman–Crippen LogP) is 2.49. The molecule has 1 rings (SSSR count). The summed E-state index contributed by atoms with van der Waals surface area (Å²) in [5, 5.41) is 3.43. The van der Waals surface area contributed by atoms with Gasteiger partial charge in [0.15, 0.2) is 9.84 Å². The minimum absolute atomic E-state index is 0.103. The van der Waals surface area contributed by atoms with Crippen LogP contribution in [-0.2, 0) is 9.84 Å². The number of hydrogen-bond acceptors (Lipinski definition) is 4. The lowest BCUT2D eigenvalue weighted by atomic mass is 10.1. The number of benzene rings is 1. The summed E-state index contributed by atoms with van der Waals surface area (Å²) in [5.41, 5.74) is 0.103. The molecule has 0 aliphatic heterocycles. The van der Waals surface area contributed by atoms with E-state index in [-0.39, 0.29) is 5.54 Å². The zero-order chi connectivity index (χ0) is 15.4. The average molecular weight is 299 g/mol. The lowest BCUT2D eigenvalue weighted by Gasteiger charge is -2.23. The second-order valence-corrected chi connectivity index (χ2v) is 8.31. The van der Waals surface area contributed by atoms with Gasteiger partial charge >= 0.3 is 0 Å². The molecule has 0 amide bonds. The highest BCUT2D eigenvalue weighted by Crippen LogP contribution is 2.16. The van der Waals surface area contributed by atoms with E-state index in [9.17, 15) is 8.42 Å². The predicted molar refractivity (Wildman–Crippen MR) is 82.0 cm³/mol. The fourth-order valence-electron chi connectivity index (χ4n) is 1.56. The first-order valence-electron chi connectivity index (χ1n) is 6.76. The van der Waals surface area contributed by atoms with Crippen molar-refractivity contribution in [1.29, 1.82) is 0 Å². The minimum atomic E-state index is -3.14. The molecule has 0 fully saturated rings. The van der Waals surface area contributed by atoms with Crippen molar-refractivity contribution in [3.63, 3.8) is 0 Å². The Morgan fingerprint density at radius 3 is 2.20 bits per heavy atom. The Hall–Kier alpha value is -1.07. The van der Waals surface area contributed by atoms with Crippen LogP contribution in [-0.4, -0.2) is 33.4 Å². The van der Waals surface area contributed by atoms with Crippen molar-refractivity contribution in [2.75, 3.05) is 19.4 Å². The number of nitrogens with one attached hydrogen (secondary N) is 1. The van der Waals surface area contributed by atoms with Crippen LogP contribution in [0, 0.1) is 5.92 Å². The van der Waals surface area contributed by atoms with Gasteiger partial charge in [-0.05, 0) is 45.0 Å². The van der Waals surface area contributed by atoms with Gasteiger partial charge in [0.25, 0.3) is 0 Å². The van der Waals surface area contributed by atoms with E-state index in [1.54, 1.807) is 24.3 Å². The normalized spacial score (nSPS) is 14.1. The first-order valence-corrected chi connectivity index (χ1v) is 8.65. The van der Waals surface area contributed by atoms with E-state index >= 15 is 0 Å². The first kappa shape index (κ1) is 17.0. The van der Waals surface area contributed by atoms with Crippen molar-refractivity contribution in [1.82, 2.24) is 5.32 Å². The Kier molecular flexibility index (Phi) is 5.59. The maximum Gasteiger partial charge on any atom is 0.175 e. The molecule has 0 saturated carbocycles. The molecule has 0 bridgehead atoms. The Balaban J connectivity index is 2.46. The van der Waals surface area contributed by atoms with Gasteiger partial charge in [-0.2, -0.15) is 0 Å². The van der Waals surface area contributed by atoms with Crippen molar-refractivity contribution in [3.05, 3.63) is 24.3 Å². The summed E-state index contributed by atoms with van der Waals surface area (Å²) in [6.07, 6.45) is 1.20. The maximum absolute atomic E-state index is 11.3. The molecule has 0 spiro atoms. The molecule has 114 valence electrons. The third-order valence-corrected chi connectivity index (χ3v) is 3.90. The molecular formula is C15H25NO3S. The van der Waals surface area contributed by atoms with Crippen molar-refractivity contribution < 1.29 is 13.2 Å². The number of hydrogen-bond donors (Lipinski definition) is 1. The topological polar surface area (TPSA) is 55.4 Å². The summed E-state index contributed by atoms with van der Waals surface area (Å²) in [4.78, 5) is 0.312. The molecule has 5 heteroatoms. The van der Waals surface area contributed by atoms with Gasteiger partial charge in [0.1, 0.15) is 5.75 Å². The molecular weight excluding hydrogens is 274 g/mol. The molecule has 1 aromatic rings. The summed E-state index contributed by atoms with van der Waals surface area (Å²) in [6, 6.07) is 6.53. The van der Waals surface area contributed by atoms with Crippen LogP contribution in [0.25, 0.3) is 0 Å². The van der Waals surface area contributed by atoms with Gasteiger partial charge in [0, 0.05) is 24.3 Å². The second kappa shape index (κ2) is 6.59. The van der Waals surface area contributed by atoms with Crippen molar-refractivity contribution in [2.45, 2.75) is 38.1 Å². The Morgan fingerprint density at radius 1 is 1.20 bits per heavy atom. The SMILES string of the molecule is CC(CNC(C)(C)C)COc1ccc(S(C)(=O)=O)cc1. The quantitative estimate of drug-likeness (QED) is 0.877. The fraction of sp³-hybridized carbons (Fsp3) is 0.600. The van der Waals surface area contributed by atoms with Gasteiger partial charge in [-0.3, -0.25) is 0 Å². The first-order chi connectivity index (χ1) is 9.08. The largest absolute Gasteiger partial charge is 0.493 e. The molecule has 0 aliphatic rings. The number of sulfone groups is 1. The van der Waals surface area contributed by atoms with E-state index in [0.717, 1.165) is 6.54 Å². The van der Waals surface area contributed by atoms with Gasteiger partial charge in [0.05, 0.1) is 11.5 Å². The van der Waals surface area contributed by atoms with Gasteiger partial charge in [0.2, 0.25) is 0 Å². The highest BCUT2D eigenvalue weighted by atomic mass is 32.2. The van der Waals surface area contributed by atoms with Crippen LogP contribution >= 0.6 is 0 Å². The van der Waals surface area contributed by atoms with E-state index < -0.39 is 9.84 Å². The lowest BCUT2D eigenvalue weighted by molar-refractivity contribution is 0.244. The van der Waals surface area contributed by atoms with Crippen LogP contribution in [0.1, 0.15) is 27.7 Å². The minimum Gasteiger partial charge on any atom is -0.493 e. The molecule has 1 unspecified atom stereocenters. The zero-order valence-electron chi connectivity index (χ0n) is 12.9. The molecule has 1 atom stereocenters. The molecule has 20 heavy (non-hydrogen) atoms. The Labute approximate surface area is 122 Å². The van der Waals surface area contributed by atoms with Crippen LogP contribution in [0.2, 0.25) is 0 Å². The van der Waals surface area contributed by atoms with E-state index in [4.69, 9.17) is 4.74 Å². The molecule has 0 aliphatic carbocycles. The van der Waals surface area contributed by atoms with E-state index in [2.05, 4.69) is 33.0 Å². The van der Waals surface area contributed by atoms with Crippen LogP contribution in [0.5, 0.6) is 5.75 Å². The molecule has 4 nitrogen and oxygen atoms in total. The van der Waals surface area contributed by atoms with Crippen molar-refractivity contribution in [3.8, 4) is 5.75 Å². The summed E-state index contributed by atoms with van der Waals surface area (Å²) >= 11 is 0. The molecule has 1 aromatic carbocycles. The van der Waals surface area contributed by atoms with Crippen LogP contribution in [0.3, 0.4) is 0 Å². The molecule has 0 saturated heterocycles. The summed E-state index contributed by atoms with van der Waals surface area (Å²) in [7, 11) is -3.14. The Morgan fingerprint density at radius 2 is 1.75 bits per heavy atom. The third kappa shape index (κ3) is 6.39. The molecule has 1 N–H and O–H groups in total. The highest BCUT2D eigenvalue weighted by molar-refractivity contribution is 7.90. The second-order valence-electron chi connectivity index (χ2n) is 6.29. The number of ether oxygens (including phenoxy) is 1. The van der Waals surface area contributed by atoms with E-state index in [1.807, 2.05) is 0 Å². The smallest absolute Gasteiger partial charge is 0.175 e. The highest BCUT2D eigenvalue weighted by Gasteiger charge is 2.12. The summed E-state index contributed by atoms with van der Waals surface area (Å²) in [6.45, 7) is 9.98. The van der Waals surface area contributed by atoms with Gasteiger partial charge in [-0.25, -0.2) is 8.42 Å².